The Morgan fingerprint density at radius 2 is 1.50 bits per heavy atom. The molecule has 1 saturated heterocycles. The standard InChI is InChI=1S/C37H38N2O7/c1-36(2)24-39(29-15-13-28(14-16-29)33(41)44-22-26-9-5-3-6-10-26)32(40)31(36)46-34(42)30-21-25-17-19-37(30,20-18-25)38-35(43)45-23-27-11-7-4-8-12-27/h3-17,19,25,30-31H,18,20-24H2,1-2H3,(H,38,43)/t25-,30+,31-,37-/m0/s1. The number of allylic oxidation sites excluding steroid dienone is 1. The van der Waals surface area contributed by atoms with Crippen LogP contribution in [0.5, 0.6) is 0 Å². The van der Waals surface area contributed by atoms with Crippen LogP contribution in [0.2, 0.25) is 0 Å². The average Bonchev–Trinajstić information content (AvgIpc) is 3.31. The molecule has 1 heterocycles. The SMILES string of the molecule is CC1(C)CN(c2ccc(C(=O)OCc3ccccc3)cc2)C(=O)[C@@H]1OC(=O)[C@H]1C[C@H]2C=C[C@]1(NC(=O)OCc1ccccc1)CC2. The summed E-state index contributed by atoms with van der Waals surface area (Å²) in [6, 6.07) is 25.4. The van der Waals surface area contributed by atoms with Gasteiger partial charge in [0.05, 0.1) is 17.0 Å². The third-order valence-corrected chi connectivity index (χ3v) is 9.21. The first-order valence-corrected chi connectivity index (χ1v) is 15.6. The number of benzene rings is 3. The van der Waals surface area contributed by atoms with Gasteiger partial charge in [0.25, 0.3) is 5.91 Å². The van der Waals surface area contributed by atoms with Gasteiger partial charge in [0, 0.05) is 17.6 Å². The smallest absolute Gasteiger partial charge is 0.408 e. The molecule has 0 spiro atoms. The van der Waals surface area contributed by atoms with E-state index in [0.29, 0.717) is 30.6 Å². The second-order valence-corrected chi connectivity index (χ2v) is 13.0. The van der Waals surface area contributed by atoms with Crippen LogP contribution in [0.3, 0.4) is 0 Å². The number of nitrogens with zero attached hydrogens (tertiary/aromatic N) is 1. The van der Waals surface area contributed by atoms with Crippen molar-refractivity contribution in [2.45, 2.75) is 58.0 Å². The number of fused-ring (bicyclic) bond motifs is 2. The van der Waals surface area contributed by atoms with E-state index < -0.39 is 41.0 Å². The van der Waals surface area contributed by atoms with Crippen LogP contribution in [0.15, 0.2) is 97.1 Å². The highest BCUT2D eigenvalue weighted by Gasteiger charge is 2.54. The topological polar surface area (TPSA) is 111 Å². The Morgan fingerprint density at radius 1 is 0.870 bits per heavy atom. The van der Waals surface area contributed by atoms with Gasteiger partial charge >= 0.3 is 18.0 Å². The van der Waals surface area contributed by atoms with E-state index in [1.54, 1.807) is 29.2 Å². The summed E-state index contributed by atoms with van der Waals surface area (Å²) >= 11 is 0. The monoisotopic (exact) mass is 622 g/mol. The normalized spacial score (nSPS) is 24.3. The molecule has 1 aliphatic heterocycles. The first kappa shape index (κ1) is 31.1. The number of nitrogens with one attached hydrogen (secondary N) is 1. The first-order valence-electron chi connectivity index (χ1n) is 15.6. The average molecular weight is 623 g/mol. The lowest BCUT2D eigenvalue weighted by molar-refractivity contribution is -0.166. The quantitative estimate of drug-likeness (QED) is 0.178. The molecule has 3 aromatic rings. The predicted octanol–water partition coefficient (Wildman–Crippen LogP) is 5.98. The van der Waals surface area contributed by atoms with Crippen LogP contribution in [-0.2, 0) is 37.0 Å². The van der Waals surface area contributed by atoms with Gasteiger partial charge in [-0.25, -0.2) is 9.59 Å². The van der Waals surface area contributed by atoms with Crippen molar-refractivity contribution >= 4 is 29.6 Å². The van der Waals surface area contributed by atoms with Gasteiger partial charge in [0.1, 0.15) is 13.2 Å². The summed E-state index contributed by atoms with van der Waals surface area (Å²) in [5.74, 6) is -1.76. The second kappa shape index (κ2) is 12.8. The number of alkyl carbamates (subject to hydrolysis) is 1. The molecule has 4 atom stereocenters. The largest absolute Gasteiger partial charge is 0.457 e. The molecule has 46 heavy (non-hydrogen) atoms. The maximum Gasteiger partial charge on any atom is 0.408 e. The molecule has 9 nitrogen and oxygen atoms in total. The molecule has 238 valence electrons. The van der Waals surface area contributed by atoms with Crippen LogP contribution in [0.1, 0.15) is 54.6 Å². The van der Waals surface area contributed by atoms with Gasteiger partial charge in [-0.2, -0.15) is 0 Å². The van der Waals surface area contributed by atoms with E-state index in [1.165, 1.54) is 0 Å². The summed E-state index contributed by atoms with van der Waals surface area (Å²) in [4.78, 5) is 54.6. The number of hydrogen-bond acceptors (Lipinski definition) is 7. The van der Waals surface area contributed by atoms with Crippen molar-refractivity contribution in [1.82, 2.24) is 5.32 Å². The summed E-state index contributed by atoms with van der Waals surface area (Å²) in [5, 5.41) is 2.96. The van der Waals surface area contributed by atoms with E-state index in [1.807, 2.05) is 86.7 Å². The molecule has 2 bridgehead atoms. The minimum absolute atomic E-state index is 0.112. The number of anilines is 1. The maximum atomic E-state index is 13.8. The van der Waals surface area contributed by atoms with Gasteiger partial charge in [-0.3, -0.25) is 9.59 Å². The van der Waals surface area contributed by atoms with Gasteiger partial charge in [-0.1, -0.05) is 86.7 Å². The summed E-state index contributed by atoms with van der Waals surface area (Å²) < 4.78 is 16.9. The number of hydrogen-bond donors (Lipinski definition) is 1. The lowest BCUT2D eigenvalue weighted by atomic mass is 9.64. The van der Waals surface area contributed by atoms with Crippen molar-refractivity contribution in [3.8, 4) is 0 Å². The molecule has 9 heteroatoms. The Labute approximate surface area is 268 Å². The highest BCUT2D eigenvalue weighted by molar-refractivity contribution is 6.01. The minimum atomic E-state index is -1.01. The Hall–Kier alpha value is -4.92. The van der Waals surface area contributed by atoms with Crippen LogP contribution in [0.4, 0.5) is 10.5 Å². The van der Waals surface area contributed by atoms with Gasteiger partial charge in [0.15, 0.2) is 6.10 Å². The van der Waals surface area contributed by atoms with E-state index in [0.717, 1.165) is 17.5 Å². The number of amides is 2. The van der Waals surface area contributed by atoms with Crippen LogP contribution < -0.4 is 10.2 Å². The number of carbonyl (C=O) groups is 4. The maximum absolute atomic E-state index is 13.8. The van der Waals surface area contributed by atoms with Crippen LogP contribution in [0, 0.1) is 17.3 Å². The van der Waals surface area contributed by atoms with Crippen molar-refractivity contribution < 1.29 is 33.4 Å². The minimum Gasteiger partial charge on any atom is -0.457 e. The number of esters is 2. The van der Waals surface area contributed by atoms with Gasteiger partial charge in [0.2, 0.25) is 0 Å². The van der Waals surface area contributed by atoms with E-state index in [9.17, 15) is 19.2 Å². The molecule has 0 radical (unpaired) electrons. The van der Waals surface area contributed by atoms with E-state index in [-0.39, 0.29) is 25.0 Å². The molecule has 2 amide bonds. The van der Waals surface area contributed by atoms with Crippen molar-refractivity contribution in [3.63, 3.8) is 0 Å². The molecule has 0 aromatic heterocycles. The van der Waals surface area contributed by atoms with Crippen molar-refractivity contribution in [2.24, 2.45) is 17.3 Å². The molecule has 7 rings (SSSR count). The third kappa shape index (κ3) is 6.54. The first-order chi connectivity index (χ1) is 22.1. The predicted molar refractivity (Wildman–Crippen MR) is 170 cm³/mol. The molecular weight excluding hydrogens is 584 g/mol. The number of carbonyl (C=O) groups excluding carboxylic acids is 4. The van der Waals surface area contributed by atoms with Crippen molar-refractivity contribution in [2.75, 3.05) is 11.4 Å². The third-order valence-electron chi connectivity index (χ3n) is 9.21. The van der Waals surface area contributed by atoms with Crippen LogP contribution in [-0.4, -0.2) is 42.1 Å². The zero-order valence-corrected chi connectivity index (χ0v) is 26.0. The van der Waals surface area contributed by atoms with Crippen LogP contribution >= 0.6 is 0 Å². The Bertz CT molecular complexity index is 1620. The van der Waals surface area contributed by atoms with Gasteiger partial charge < -0.3 is 24.4 Å². The van der Waals surface area contributed by atoms with Gasteiger partial charge in [-0.05, 0) is 60.6 Å². The summed E-state index contributed by atoms with van der Waals surface area (Å²) in [6.45, 7) is 4.38. The zero-order valence-electron chi connectivity index (χ0n) is 26.0. The molecule has 1 saturated carbocycles. The fourth-order valence-electron chi connectivity index (χ4n) is 6.61. The zero-order chi connectivity index (χ0) is 32.3. The molecular formula is C37H38N2O7. The highest BCUT2D eigenvalue weighted by atomic mass is 16.6. The summed E-state index contributed by atoms with van der Waals surface area (Å²) in [5.41, 5.74) is 1.08. The molecule has 3 aliphatic carbocycles. The second-order valence-electron chi connectivity index (χ2n) is 13.0. The highest BCUT2D eigenvalue weighted by Crippen LogP contribution is 2.45. The summed E-state index contributed by atoms with van der Waals surface area (Å²) in [7, 11) is 0. The Kier molecular flexibility index (Phi) is 8.67. The molecule has 2 fully saturated rings. The fourth-order valence-corrected chi connectivity index (χ4v) is 6.61. The van der Waals surface area contributed by atoms with E-state index in [4.69, 9.17) is 14.2 Å². The fraction of sp³-hybridized carbons (Fsp3) is 0.351. The van der Waals surface area contributed by atoms with Crippen LogP contribution in [0.25, 0.3) is 0 Å². The molecule has 3 aromatic carbocycles. The lowest BCUT2D eigenvalue weighted by Crippen LogP contribution is -2.60. The molecule has 0 unspecified atom stereocenters. The Balaban J connectivity index is 1.10. The molecule has 4 aliphatic rings. The lowest BCUT2D eigenvalue weighted by Gasteiger charge is -2.47. The van der Waals surface area contributed by atoms with Crippen molar-refractivity contribution in [1.29, 1.82) is 0 Å². The molecule has 1 N–H and O–H groups in total. The van der Waals surface area contributed by atoms with Crippen molar-refractivity contribution in [3.05, 3.63) is 114 Å². The van der Waals surface area contributed by atoms with E-state index in [2.05, 4.69) is 5.32 Å². The number of ether oxygens (including phenoxy) is 3. The number of rotatable bonds is 9. The summed E-state index contributed by atoms with van der Waals surface area (Å²) in [6.07, 6.45) is 4.23. The van der Waals surface area contributed by atoms with E-state index >= 15 is 0 Å². The van der Waals surface area contributed by atoms with Gasteiger partial charge in [-0.15, -0.1) is 0 Å². The Morgan fingerprint density at radius 3 is 2.11 bits per heavy atom.